The van der Waals surface area contributed by atoms with Crippen molar-refractivity contribution in [2.24, 2.45) is 52.8 Å². The van der Waals surface area contributed by atoms with Gasteiger partial charge >= 0.3 is 0 Å². The highest BCUT2D eigenvalue weighted by atomic mass is 16.5. The summed E-state index contributed by atoms with van der Waals surface area (Å²) in [5.74, 6) is 7.28. The normalized spacial score (nSPS) is 57.7. The van der Waals surface area contributed by atoms with Crippen molar-refractivity contribution in [3.05, 3.63) is 23.8 Å². The molecule has 9 atom stereocenters. The van der Waals surface area contributed by atoms with Crippen molar-refractivity contribution in [2.45, 2.75) is 63.9 Å². The van der Waals surface area contributed by atoms with E-state index in [1.165, 1.54) is 38.5 Å². The molecule has 0 aromatic carbocycles. The number of ketones is 1. The van der Waals surface area contributed by atoms with E-state index in [1.807, 2.05) is 0 Å². The molecular formula is C25H32O2. The van der Waals surface area contributed by atoms with Crippen molar-refractivity contribution in [3.8, 4) is 0 Å². The third-order valence-corrected chi connectivity index (χ3v) is 10.4. The van der Waals surface area contributed by atoms with Crippen molar-refractivity contribution in [1.29, 1.82) is 0 Å². The van der Waals surface area contributed by atoms with E-state index in [1.54, 1.807) is 5.57 Å². The quantitative estimate of drug-likeness (QED) is 0.616. The molecule has 6 unspecified atom stereocenters. The van der Waals surface area contributed by atoms with Crippen LogP contribution in [0.3, 0.4) is 0 Å². The molecule has 0 saturated heterocycles. The lowest BCUT2D eigenvalue weighted by Gasteiger charge is -2.59. The highest BCUT2D eigenvalue weighted by Crippen LogP contribution is 2.78. The number of rotatable bonds is 1. The van der Waals surface area contributed by atoms with Gasteiger partial charge in [0.25, 0.3) is 0 Å². The van der Waals surface area contributed by atoms with Gasteiger partial charge in [-0.15, -0.1) is 0 Å². The first kappa shape index (κ1) is 16.0. The van der Waals surface area contributed by atoms with Gasteiger partial charge in [-0.2, -0.15) is 0 Å². The maximum Gasteiger partial charge on any atom is 0.155 e. The first-order valence-electron chi connectivity index (χ1n) is 11.7. The van der Waals surface area contributed by atoms with Crippen LogP contribution in [0.2, 0.25) is 0 Å². The number of hydrogen-bond acceptors (Lipinski definition) is 2. The zero-order chi connectivity index (χ0) is 18.0. The summed E-state index contributed by atoms with van der Waals surface area (Å²) in [4.78, 5) is 12.1. The lowest BCUT2D eigenvalue weighted by atomic mass is 9.46. The van der Waals surface area contributed by atoms with Gasteiger partial charge in [0.1, 0.15) is 0 Å². The predicted molar refractivity (Wildman–Crippen MR) is 104 cm³/mol. The predicted octanol–water partition coefficient (Wildman–Crippen LogP) is 4.95. The van der Waals surface area contributed by atoms with Crippen LogP contribution in [0.4, 0.5) is 0 Å². The monoisotopic (exact) mass is 364 g/mol. The summed E-state index contributed by atoms with van der Waals surface area (Å²) in [7, 11) is 0. The Balaban J connectivity index is 1.33. The van der Waals surface area contributed by atoms with Crippen LogP contribution in [0.5, 0.6) is 0 Å². The zero-order valence-corrected chi connectivity index (χ0v) is 16.5. The number of carbonyl (C=O) groups excluding carboxylic acids is 1. The molecule has 1 aliphatic heterocycles. The number of carbonyl (C=O) groups is 1. The van der Waals surface area contributed by atoms with Crippen LogP contribution < -0.4 is 0 Å². The second-order valence-electron chi connectivity index (χ2n) is 11.3. The Morgan fingerprint density at radius 1 is 1.11 bits per heavy atom. The lowest BCUT2D eigenvalue weighted by molar-refractivity contribution is -0.143. The molecule has 0 bridgehead atoms. The molecule has 5 fully saturated rings. The Morgan fingerprint density at radius 2 is 2.00 bits per heavy atom. The van der Waals surface area contributed by atoms with E-state index >= 15 is 0 Å². The lowest BCUT2D eigenvalue weighted by Crippen LogP contribution is -2.56. The van der Waals surface area contributed by atoms with Gasteiger partial charge in [0.05, 0.1) is 12.2 Å². The minimum absolute atomic E-state index is 0.0695. The first-order valence-corrected chi connectivity index (χ1v) is 11.7. The van der Waals surface area contributed by atoms with Gasteiger partial charge in [-0.1, -0.05) is 24.6 Å². The van der Waals surface area contributed by atoms with Crippen molar-refractivity contribution in [1.82, 2.24) is 0 Å². The second-order valence-corrected chi connectivity index (χ2v) is 11.3. The van der Waals surface area contributed by atoms with Gasteiger partial charge in [-0.3, -0.25) is 4.79 Å². The average molecular weight is 365 g/mol. The number of ether oxygens (including phenoxy) is 1. The van der Waals surface area contributed by atoms with Crippen LogP contribution >= 0.6 is 0 Å². The molecule has 2 nitrogen and oxygen atoms in total. The largest absolute Gasteiger partial charge is 0.366 e. The van der Waals surface area contributed by atoms with Gasteiger partial charge in [0.2, 0.25) is 0 Å². The Labute approximate surface area is 162 Å². The van der Waals surface area contributed by atoms with Crippen LogP contribution in [0, 0.1) is 52.8 Å². The third-order valence-electron chi connectivity index (χ3n) is 10.4. The molecular weight excluding hydrogens is 332 g/mol. The van der Waals surface area contributed by atoms with Crippen molar-refractivity contribution >= 4 is 5.78 Å². The molecule has 1 heterocycles. The minimum Gasteiger partial charge on any atom is -0.366 e. The van der Waals surface area contributed by atoms with E-state index in [0.717, 1.165) is 66.8 Å². The molecule has 0 N–H and O–H groups in total. The summed E-state index contributed by atoms with van der Waals surface area (Å²) in [6.07, 6.45) is 17.1. The zero-order valence-electron chi connectivity index (χ0n) is 16.5. The van der Waals surface area contributed by atoms with E-state index in [4.69, 9.17) is 4.74 Å². The fourth-order valence-electron chi connectivity index (χ4n) is 9.34. The molecule has 5 saturated carbocycles. The first-order chi connectivity index (χ1) is 13.1. The average Bonchev–Trinajstić information content (AvgIpc) is 3.58. The van der Waals surface area contributed by atoms with Crippen molar-refractivity contribution < 1.29 is 9.53 Å². The highest BCUT2D eigenvalue weighted by molar-refractivity contribution is 5.91. The van der Waals surface area contributed by atoms with Gasteiger partial charge in [0.15, 0.2) is 5.78 Å². The van der Waals surface area contributed by atoms with E-state index in [-0.39, 0.29) is 5.60 Å². The Kier molecular flexibility index (Phi) is 2.95. The van der Waals surface area contributed by atoms with Gasteiger partial charge in [-0.25, -0.2) is 0 Å². The minimum atomic E-state index is 0.0695. The van der Waals surface area contributed by atoms with Crippen LogP contribution in [-0.2, 0) is 9.53 Å². The van der Waals surface area contributed by atoms with Crippen molar-refractivity contribution in [3.63, 3.8) is 0 Å². The maximum absolute atomic E-state index is 12.1. The number of hydrogen-bond donors (Lipinski definition) is 0. The SMILES string of the molecule is C[C@]12CCC3C(C(C4CC4)CC4=CC(=O)CC[C@@H]43)C1C1CC1[C@@]21C=CCO1. The number of allylic oxidation sites excluding steroid dienone is 1. The van der Waals surface area contributed by atoms with Crippen LogP contribution in [-0.4, -0.2) is 18.0 Å². The van der Waals surface area contributed by atoms with E-state index in [9.17, 15) is 4.79 Å². The number of fused-ring (bicyclic) bond motifs is 9. The molecule has 27 heavy (non-hydrogen) atoms. The Hall–Kier alpha value is -0.890. The summed E-state index contributed by atoms with van der Waals surface area (Å²) in [5.41, 5.74) is 1.98. The summed E-state index contributed by atoms with van der Waals surface area (Å²) in [6.45, 7) is 3.44. The molecule has 2 heteroatoms. The summed E-state index contributed by atoms with van der Waals surface area (Å²) < 4.78 is 6.57. The molecule has 7 rings (SSSR count). The fourth-order valence-corrected chi connectivity index (χ4v) is 9.34. The topological polar surface area (TPSA) is 26.3 Å². The third kappa shape index (κ3) is 1.85. The van der Waals surface area contributed by atoms with Gasteiger partial charge in [-0.05, 0) is 98.4 Å². The summed E-state index contributed by atoms with van der Waals surface area (Å²) in [5, 5.41) is 0. The maximum atomic E-state index is 12.1. The van der Waals surface area contributed by atoms with Crippen molar-refractivity contribution in [2.75, 3.05) is 6.61 Å². The van der Waals surface area contributed by atoms with Gasteiger partial charge < -0.3 is 4.74 Å². The van der Waals surface area contributed by atoms with Crippen LogP contribution in [0.1, 0.15) is 58.3 Å². The van der Waals surface area contributed by atoms with E-state index < -0.39 is 0 Å². The van der Waals surface area contributed by atoms with Gasteiger partial charge in [0, 0.05) is 11.8 Å². The molecule has 7 aliphatic rings. The summed E-state index contributed by atoms with van der Waals surface area (Å²) >= 11 is 0. The second kappa shape index (κ2) is 4.99. The van der Waals surface area contributed by atoms with E-state index in [2.05, 4.69) is 25.2 Å². The van der Waals surface area contributed by atoms with E-state index in [0.29, 0.717) is 11.2 Å². The Bertz CT molecular complexity index is 775. The fraction of sp³-hybridized carbons (Fsp3) is 0.800. The van der Waals surface area contributed by atoms with Crippen LogP contribution in [0.15, 0.2) is 23.8 Å². The Morgan fingerprint density at radius 3 is 2.78 bits per heavy atom. The molecule has 0 amide bonds. The smallest absolute Gasteiger partial charge is 0.155 e. The van der Waals surface area contributed by atoms with Crippen LogP contribution in [0.25, 0.3) is 0 Å². The standard InChI is InChI=1S/C25H32O2/c1-24-9-7-18-17-6-5-16(26)11-15(17)12-19(14-3-4-14)22(18)23(24)20-13-21(20)25(24)8-2-10-27-25/h2,8,11,14,17-23H,3-7,9-10,12-13H2,1H3/t17-,18?,19?,20?,21?,22?,23?,24-,25-/m0/s1. The highest BCUT2D eigenvalue weighted by Gasteiger charge is 2.77. The summed E-state index contributed by atoms with van der Waals surface area (Å²) in [6, 6.07) is 0. The molecule has 144 valence electrons. The molecule has 0 radical (unpaired) electrons. The molecule has 6 aliphatic carbocycles. The molecule has 1 spiro atoms. The molecule has 0 aromatic heterocycles. The molecule has 0 aromatic rings.